The van der Waals surface area contributed by atoms with Gasteiger partial charge in [-0.3, -0.25) is 4.90 Å². The van der Waals surface area contributed by atoms with Gasteiger partial charge in [-0.25, -0.2) is 8.42 Å². The van der Waals surface area contributed by atoms with Crippen molar-refractivity contribution in [3.8, 4) is 0 Å². The van der Waals surface area contributed by atoms with E-state index < -0.39 is 16.1 Å². The number of benzene rings is 1. The maximum Gasteiger partial charge on any atom is 0.243 e. The highest BCUT2D eigenvalue weighted by Gasteiger charge is 2.29. The molecule has 1 aromatic rings. The fraction of sp³-hybridized carbons (Fsp3) is 0.727. The lowest BCUT2D eigenvalue weighted by Gasteiger charge is -2.35. The van der Waals surface area contributed by atoms with Gasteiger partial charge in [-0.15, -0.1) is 0 Å². The van der Waals surface area contributed by atoms with Crippen molar-refractivity contribution in [1.29, 1.82) is 0 Å². The van der Waals surface area contributed by atoms with Crippen molar-refractivity contribution in [2.75, 3.05) is 52.5 Å². The summed E-state index contributed by atoms with van der Waals surface area (Å²) in [6, 6.07) is 7.21. The summed E-state index contributed by atoms with van der Waals surface area (Å²) in [4.78, 5) is 2.43. The zero-order valence-corrected chi connectivity index (χ0v) is 19.2. The molecule has 0 aromatic heterocycles. The lowest BCUT2D eigenvalue weighted by Crippen LogP contribution is -2.50. The summed E-state index contributed by atoms with van der Waals surface area (Å²) < 4.78 is 38.6. The first kappa shape index (κ1) is 23.6. The number of hydrogen-bond acceptors (Lipinski definition) is 6. The number of rotatable bonds is 8. The molecular weight excluding hydrogens is 404 g/mol. The van der Waals surface area contributed by atoms with Gasteiger partial charge in [-0.1, -0.05) is 32.9 Å². The van der Waals surface area contributed by atoms with Gasteiger partial charge in [0.15, 0.2) is 0 Å². The summed E-state index contributed by atoms with van der Waals surface area (Å²) >= 11 is 0. The van der Waals surface area contributed by atoms with Gasteiger partial charge >= 0.3 is 0 Å². The molecule has 2 aliphatic heterocycles. The van der Waals surface area contributed by atoms with Crippen LogP contribution in [0.4, 0.5) is 0 Å². The highest BCUT2D eigenvalue weighted by molar-refractivity contribution is 7.89. The van der Waals surface area contributed by atoms with Crippen molar-refractivity contribution in [3.63, 3.8) is 0 Å². The number of aliphatic hydroxyl groups is 1. The Kier molecular flexibility index (Phi) is 7.92. The van der Waals surface area contributed by atoms with Crippen LogP contribution in [0.2, 0.25) is 0 Å². The van der Waals surface area contributed by atoms with E-state index in [2.05, 4.69) is 25.7 Å². The number of piperazine rings is 1. The minimum absolute atomic E-state index is 0.0113. The largest absolute Gasteiger partial charge is 0.389 e. The van der Waals surface area contributed by atoms with Crippen LogP contribution in [0.15, 0.2) is 29.2 Å². The Morgan fingerprint density at radius 1 is 1.17 bits per heavy atom. The van der Waals surface area contributed by atoms with E-state index in [9.17, 15) is 13.5 Å². The summed E-state index contributed by atoms with van der Waals surface area (Å²) in [6.45, 7) is 10.5. The lowest BCUT2D eigenvalue weighted by atomic mass is 9.87. The average molecular weight is 441 g/mol. The molecule has 2 aliphatic rings. The molecule has 0 bridgehead atoms. The zero-order chi connectivity index (χ0) is 21.8. The van der Waals surface area contributed by atoms with Crippen molar-refractivity contribution >= 4 is 10.0 Å². The van der Waals surface area contributed by atoms with Crippen LogP contribution in [0.1, 0.15) is 39.2 Å². The fourth-order valence-electron chi connectivity index (χ4n) is 3.89. The lowest BCUT2D eigenvalue weighted by molar-refractivity contribution is -0.0270. The Labute approximate surface area is 181 Å². The van der Waals surface area contributed by atoms with Crippen molar-refractivity contribution in [3.05, 3.63) is 29.8 Å². The average Bonchev–Trinajstić information content (AvgIpc) is 3.21. The van der Waals surface area contributed by atoms with Gasteiger partial charge in [0.25, 0.3) is 0 Å². The minimum Gasteiger partial charge on any atom is -0.389 e. The predicted octanol–water partition coefficient (Wildman–Crippen LogP) is 1.85. The molecule has 0 saturated carbocycles. The first-order chi connectivity index (χ1) is 14.2. The first-order valence-corrected chi connectivity index (χ1v) is 12.3. The van der Waals surface area contributed by atoms with Gasteiger partial charge < -0.3 is 14.6 Å². The maximum atomic E-state index is 13.0. The van der Waals surface area contributed by atoms with Crippen LogP contribution in [-0.4, -0.2) is 87.5 Å². The molecule has 8 heteroatoms. The maximum absolute atomic E-state index is 13.0. The van der Waals surface area contributed by atoms with E-state index in [1.165, 1.54) is 4.31 Å². The molecule has 3 rings (SSSR count). The molecule has 7 nitrogen and oxygen atoms in total. The number of sulfonamides is 1. The molecular formula is C22H36N2O5S. The van der Waals surface area contributed by atoms with Gasteiger partial charge in [-0.2, -0.15) is 4.31 Å². The number of ether oxygens (including phenoxy) is 2. The highest BCUT2D eigenvalue weighted by atomic mass is 32.2. The van der Waals surface area contributed by atoms with E-state index in [1.807, 2.05) is 12.1 Å². The van der Waals surface area contributed by atoms with Crippen molar-refractivity contribution in [2.24, 2.45) is 0 Å². The fourth-order valence-corrected chi connectivity index (χ4v) is 5.31. The second-order valence-electron chi connectivity index (χ2n) is 9.31. The number of nitrogens with zero attached hydrogens (tertiary/aromatic N) is 2. The first-order valence-electron chi connectivity index (χ1n) is 10.9. The summed E-state index contributed by atoms with van der Waals surface area (Å²) in [6.07, 6.45) is 1.67. The third kappa shape index (κ3) is 6.24. The summed E-state index contributed by atoms with van der Waals surface area (Å²) in [5, 5.41) is 10.2. The molecule has 30 heavy (non-hydrogen) atoms. The summed E-state index contributed by atoms with van der Waals surface area (Å²) in [7, 11) is -3.49. The molecule has 0 spiro atoms. The van der Waals surface area contributed by atoms with Crippen molar-refractivity contribution < 1.29 is 23.0 Å². The molecule has 0 unspecified atom stereocenters. The van der Waals surface area contributed by atoms with Crippen LogP contribution in [-0.2, 0) is 24.9 Å². The van der Waals surface area contributed by atoms with E-state index in [1.54, 1.807) is 12.1 Å². The standard InChI is InChI=1S/C22H36N2O5S/c1-22(2,3)18-6-8-21(9-7-18)30(26,27)24-12-10-23(11-13-24)15-19(25)16-28-17-20-5-4-14-29-20/h6-9,19-20,25H,4-5,10-17H2,1-3H3/t19-,20+/m0/s1. The Morgan fingerprint density at radius 2 is 1.83 bits per heavy atom. The van der Waals surface area contributed by atoms with Crippen molar-refractivity contribution in [2.45, 2.75) is 56.1 Å². The van der Waals surface area contributed by atoms with Crippen LogP contribution in [0, 0.1) is 0 Å². The van der Waals surface area contributed by atoms with Crippen LogP contribution in [0.25, 0.3) is 0 Å². The molecule has 2 fully saturated rings. The molecule has 2 saturated heterocycles. The van der Waals surface area contributed by atoms with E-state index in [4.69, 9.17) is 9.47 Å². The summed E-state index contributed by atoms with van der Waals surface area (Å²) in [5.74, 6) is 0. The topological polar surface area (TPSA) is 79.3 Å². The van der Waals surface area contributed by atoms with Gasteiger partial charge in [-0.05, 0) is 36.0 Å². The third-order valence-electron chi connectivity index (χ3n) is 5.80. The van der Waals surface area contributed by atoms with E-state index in [-0.39, 0.29) is 18.1 Å². The molecule has 0 radical (unpaired) electrons. The molecule has 2 atom stereocenters. The SMILES string of the molecule is CC(C)(C)c1ccc(S(=O)(=O)N2CCN(C[C@H](O)COC[C@H]3CCCO3)CC2)cc1. The smallest absolute Gasteiger partial charge is 0.243 e. The second kappa shape index (κ2) is 10.1. The highest BCUT2D eigenvalue weighted by Crippen LogP contribution is 2.25. The molecule has 0 aliphatic carbocycles. The second-order valence-corrected chi connectivity index (χ2v) is 11.2. The molecule has 170 valence electrons. The Bertz CT molecular complexity index is 762. The molecule has 2 heterocycles. The van der Waals surface area contributed by atoms with Crippen LogP contribution in [0.3, 0.4) is 0 Å². The van der Waals surface area contributed by atoms with Gasteiger partial charge in [0.2, 0.25) is 10.0 Å². The third-order valence-corrected chi connectivity index (χ3v) is 7.71. The molecule has 1 N–H and O–H groups in total. The normalized spacial score (nSPS) is 23.0. The molecule has 1 aromatic carbocycles. The number of β-amino-alcohol motifs (C(OH)–C–C–N with tert-alkyl or cyclic N) is 1. The zero-order valence-electron chi connectivity index (χ0n) is 18.4. The van der Waals surface area contributed by atoms with E-state index in [0.29, 0.717) is 44.2 Å². The van der Waals surface area contributed by atoms with Crippen LogP contribution in [0.5, 0.6) is 0 Å². The number of hydrogen-bond donors (Lipinski definition) is 1. The predicted molar refractivity (Wildman–Crippen MR) is 116 cm³/mol. The Hall–Kier alpha value is -1.03. The van der Waals surface area contributed by atoms with Gasteiger partial charge in [0, 0.05) is 39.3 Å². The summed E-state index contributed by atoms with van der Waals surface area (Å²) in [5.41, 5.74) is 1.10. The minimum atomic E-state index is -3.49. The van der Waals surface area contributed by atoms with E-state index >= 15 is 0 Å². The Morgan fingerprint density at radius 3 is 2.40 bits per heavy atom. The van der Waals surface area contributed by atoms with Gasteiger partial charge in [0.05, 0.1) is 30.3 Å². The Balaban J connectivity index is 1.44. The quantitative estimate of drug-likeness (QED) is 0.665. The van der Waals surface area contributed by atoms with E-state index in [0.717, 1.165) is 25.0 Å². The van der Waals surface area contributed by atoms with Crippen LogP contribution < -0.4 is 0 Å². The number of aliphatic hydroxyl groups excluding tert-OH is 1. The monoisotopic (exact) mass is 440 g/mol. The van der Waals surface area contributed by atoms with Crippen LogP contribution >= 0.6 is 0 Å². The van der Waals surface area contributed by atoms with Crippen molar-refractivity contribution in [1.82, 2.24) is 9.21 Å². The molecule has 0 amide bonds. The van der Waals surface area contributed by atoms with Gasteiger partial charge in [0.1, 0.15) is 0 Å².